The van der Waals surface area contributed by atoms with Gasteiger partial charge in [-0.25, -0.2) is 0 Å². The Morgan fingerprint density at radius 3 is 2.56 bits per heavy atom. The topological polar surface area (TPSA) is 76.7 Å². The first-order valence-corrected chi connectivity index (χ1v) is 9.11. The molecule has 6 nitrogen and oxygen atoms in total. The highest BCUT2D eigenvalue weighted by Crippen LogP contribution is 2.31. The van der Waals surface area contributed by atoms with Crippen LogP contribution in [0.4, 0.5) is 5.69 Å². The first-order valence-electron chi connectivity index (χ1n) is 9.11. The van der Waals surface area contributed by atoms with Crippen LogP contribution in [0.25, 0.3) is 0 Å². The summed E-state index contributed by atoms with van der Waals surface area (Å²) in [5.74, 6) is 1.11. The molecule has 0 aliphatic carbocycles. The van der Waals surface area contributed by atoms with E-state index in [2.05, 4.69) is 10.6 Å². The molecule has 142 valence electrons. The summed E-state index contributed by atoms with van der Waals surface area (Å²) in [6.07, 6.45) is 0.878. The van der Waals surface area contributed by atoms with Crippen LogP contribution in [-0.2, 0) is 11.2 Å². The van der Waals surface area contributed by atoms with Gasteiger partial charge >= 0.3 is 0 Å². The summed E-state index contributed by atoms with van der Waals surface area (Å²) in [7, 11) is 0. The van der Waals surface area contributed by atoms with E-state index in [1.165, 1.54) is 0 Å². The van der Waals surface area contributed by atoms with Crippen molar-refractivity contribution in [2.45, 2.75) is 32.7 Å². The number of anilines is 1. The molecule has 0 unspecified atom stereocenters. The molecule has 1 heterocycles. The number of fused-ring (bicyclic) bond motifs is 1. The second-order valence-corrected chi connectivity index (χ2v) is 6.70. The quantitative estimate of drug-likeness (QED) is 0.821. The second kappa shape index (κ2) is 8.58. The van der Waals surface area contributed by atoms with Gasteiger partial charge in [-0.05, 0) is 50.1 Å². The fraction of sp³-hybridized carbons (Fsp3) is 0.333. The van der Waals surface area contributed by atoms with Crippen LogP contribution in [0, 0.1) is 0 Å². The van der Waals surface area contributed by atoms with Crippen molar-refractivity contribution in [3.8, 4) is 11.5 Å². The van der Waals surface area contributed by atoms with Gasteiger partial charge in [0.15, 0.2) is 11.5 Å². The van der Waals surface area contributed by atoms with Crippen LogP contribution < -0.4 is 20.1 Å². The molecular formula is C21H24N2O4. The summed E-state index contributed by atoms with van der Waals surface area (Å²) >= 11 is 0. The number of carbonyl (C=O) groups is 2. The smallest absolute Gasteiger partial charge is 0.253 e. The van der Waals surface area contributed by atoms with E-state index in [9.17, 15) is 9.59 Å². The molecule has 0 saturated heterocycles. The summed E-state index contributed by atoms with van der Waals surface area (Å²) in [4.78, 5) is 24.7. The molecule has 6 heteroatoms. The molecule has 2 N–H and O–H groups in total. The molecule has 3 rings (SSSR count). The Hall–Kier alpha value is -3.02. The molecular weight excluding hydrogens is 344 g/mol. The summed E-state index contributed by atoms with van der Waals surface area (Å²) in [6, 6.07) is 12.7. The molecule has 0 atom stereocenters. The minimum Gasteiger partial charge on any atom is -0.486 e. The number of aryl methyl sites for hydroxylation is 1. The van der Waals surface area contributed by atoms with Gasteiger partial charge in [-0.3, -0.25) is 9.59 Å². The molecule has 2 aromatic rings. The molecule has 0 fully saturated rings. The maximum absolute atomic E-state index is 12.4. The maximum atomic E-state index is 12.4. The van der Waals surface area contributed by atoms with Crippen LogP contribution in [0.5, 0.6) is 11.5 Å². The van der Waals surface area contributed by atoms with Crippen LogP contribution >= 0.6 is 0 Å². The van der Waals surface area contributed by atoms with Crippen LogP contribution in [0.2, 0.25) is 0 Å². The van der Waals surface area contributed by atoms with Gasteiger partial charge in [0.1, 0.15) is 13.2 Å². The lowest BCUT2D eigenvalue weighted by atomic mass is 10.1. The van der Waals surface area contributed by atoms with Gasteiger partial charge in [0.25, 0.3) is 5.91 Å². The van der Waals surface area contributed by atoms with Crippen molar-refractivity contribution < 1.29 is 19.1 Å². The minimum atomic E-state index is -0.201. The summed E-state index contributed by atoms with van der Waals surface area (Å²) in [5.41, 5.74) is 1.97. The number of amides is 2. The van der Waals surface area contributed by atoms with Gasteiger partial charge in [-0.1, -0.05) is 18.2 Å². The van der Waals surface area contributed by atoms with Gasteiger partial charge in [0.2, 0.25) is 5.91 Å². The molecule has 2 aromatic carbocycles. The molecule has 0 spiro atoms. The Kier molecular flexibility index (Phi) is 5.96. The molecule has 0 radical (unpaired) electrons. The van der Waals surface area contributed by atoms with Crippen molar-refractivity contribution in [2.24, 2.45) is 0 Å². The van der Waals surface area contributed by atoms with Gasteiger partial charge in [0, 0.05) is 12.5 Å². The Morgan fingerprint density at radius 1 is 1.04 bits per heavy atom. The van der Waals surface area contributed by atoms with Crippen molar-refractivity contribution in [1.29, 1.82) is 0 Å². The lowest BCUT2D eigenvalue weighted by Gasteiger charge is -2.18. The van der Waals surface area contributed by atoms with Crippen LogP contribution in [-0.4, -0.2) is 31.1 Å². The first kappa shape index (κ1) is 18.8. The molecule has 2 amide bonds. The largest absolute Gasteiger partial charge is 0.486 e. The minimum absolute atomic E-state index is 0.0245. The van der Waals surface area contributed by atoms with E-state index in [1.54, 1.807) is 24.3 Å². The first-order chi connectivity index (χ1) is 13.0. The van der Waals surface area contributed by atoms with Crippen LogP contribution in [0.3, 0.4) is 0 Å². The number of nitrogens with one attached hydrogen (secondary N) is 2. The monoisotopic (exact) mass is 368 g/mol. The third-order valence-corrected chi connectivity index (χ3v) is 4.11. The summed E-state index contributed by atoms with van der Waals surface area (Å²) in [5, 5.41) is 5.69. The number of hydrogen-bond donors (Lipinski definition) is 2. The SMILES string of the molecule is CC(C)NC(=O)c1ccccc1NC(=O)CCc1ccc2c(c1)OCCO2. The van der Waals surface area contributed by atoms with E-state index >= 15 is 0 Å². The van der Waals surface area contributed by atoms with Crippen molar-refractivity contribution in [2.75, 3.05) is 18.5 Å². The van der Waals surface area contributed by atoms with E-state index in [0.29, 0.717) is 37.3 Å². The number of ether oxygens (including phenoxy) is 2. The van der Waals surface area contributed by atoms with Gasteiger partial charge in [0.05, 0.1) is 11.3 Å². The average molecular weight is 368 g/mol. The van der Waals surface area contributed by atoms with E-state index in [1.807, 2.05) is 32.0 Å². The molecule has 1 aliphatic heterocycles. The second-order valence-electron chi connectivity index (χ2n) is 6.70. The van der Waals surface area contributed by atoms with E-state index < -0.39 is 0 Å². The van der Waals surface area contributed by atoms with E-state index in [4.69, 9.17) is 9.47 Å². The predicted octanol–water partition coefficient (Wildman–Crippen LogP) is 3.17. The zero-order valence-electron chi connectivity index (χ0n) is 15.6. The molecule has 0 bridgehead atoms. The Bertz CT molecular complexity index is 833. The average Bonchev–Trinajstić information content (AvgIpc) is 2.66. The van der Waals surface area contributed by atoms with Gasteiger partial charge in [-0.2, -0.15) is 0 Å². The number of benzene rings is 2. The van der Waals surface area contributed by atoms with Crippen molar-refractivity contribution >= 4 is 17.5 Å². The summed E-state index contributed by atoms with van der Waals surface area (Å²) in [6.45, 7) is 4.88. The van der Waals surface area contributed by atoms with Crippen molar-refractivity contribution in [3.63, 3.8) is 0 Å². The number of carbonyl (C=O) groups excluding carboxylic acids is 2. The Labute approximate surface area is 158 Å². The highest BCUT2D eigenvalue weighted by Gasteiger charge is 2.15. The highest BCUT2D eigenvalue weighted by molar-refractivity contribution is 6.03. The lowest BCUT2D eigenvalue weighted by molar-refractivity contribution is -0.116. The van der Waals surface area contributed by atoms with Gasteiger partial charge in [-0.15, -0.1) is 0 Å². The molecule has 0 saturated carbocycles. The molecule has 1 aliphatic rings. The Morgan fingerprint density at radius 2 is 1.78 bits per heavy atom. The third-order valence-electron chi connectivity index (χ3n) is 4.11. The number of para-hydroxylation sites is 1. The predicted molar refractivity (Wildman–Crippen MR) is 103 cm³/mol. The van der Waals surface area contributed by atoms with Crippen molar-refractivity contribution in [1.82, 2.24) is 5.32 Å². The van der Waals surface area contributed by atoms with Gasteiger partial charge < -0.3 is 20.1 Å². The van der Waals surface area contributed by atoms with Crippen molar-refractivity contribution in [3.05, 3.63) is 53.6 Å². The van der Waals surface area contributed by atoms with Crippen LogP contribution in [0.15, 0.2) is 42.5 Å². The van der Waals surface area contributed by atoms with E-state index in [-0.39, 0.29) is 17.9 Å². The maximum Gasteiger partial charge on any atom is 0.253 e. The van der Waals surface area contributed by atoms with Crippen LogP contribution in [0.1, 0.15) is 36.2 Å². The fourth-order valence-corrected chi connectivity index (χ4v) is 2.84. The molecule has 0 aromatic heterocycles. The Balaban J connectivity index is 1.61. The summed E-state index contributed by atoms with van der Waals surface area (Å²) < 4.78 is 11.1. The highest BCUT2D eigenvalue weighted by atomic mass is 16.6. The normalized spacial score (nSPS) is 12.6. The zero-order chi connectivity index (χ0) is 19.2. The number of rotatable bonds is 6. The lowest BCUT2D eigenvalue weighted by Crippen LogP contribution is -2.31. The molecule has 27 heavy (non-hydrogen) atoms. The number of hydrogen-bond acceptors (Lipinski definition) is 4. The standard InChI is InChI=1S/C21H24N2O4/c1-14(2)22-21(25)16-5-3-4-6-17(16)23-20(24)10-8-15-7-9-18-19(13-15)27-12-11-26-18/h3-7,9,13-14H,8,10-12H2,1-2H3,(H,22,25)(H,23,24). The van der Waals surface area contributed by atoms with E-state index in [0.717, 1.165) is 17.1 Å². The fourth-order valence-electron chi connectivity index (χ4n) is 2.84. The zero-order valence-corrected chi connectivity index (χ0v) is 15.6. The third kappa shape index (κ3) is 5.00.